The summed E-state index contributed by atoms with van der Waals surface area (Å²) >= 11 is 0. The zero-order valence-electron chi connectivity index (χ0n) is 23.2. The second-order valence-electron chi connectivity index (χ2n) is 11.9. The molecule has 5 heterocycles. The number of amides is 2. The molecule has 0 unspecified atom stereocenters. The van der Waals surface area contributed by atoms with E-state index in [-0.39, 0.29) is 13.1 Å². The van der Waals surface area contributed by atoms with Gasteiger partial charge in [0.25, 0.3) is 0 Å². The van der Waals surface area contributed by atoms with Crippen molar-refractivity contribution in [1.82, 2.24) is 0 Å². The molecule has 41 heavy (non-hydrogen) atoms. The first-order valence-electron chi connectivity index (χ1n) is 13.7. The second kappa shape index (κ2) is 10.2. The number of benzene rings is 1. The van der Waals surface area contributed by atoms with E-state index >= 15 is 0 Å². The maximum Gasteiger partial charge on any atom is 0.236 e. The first-order valence-corrected chi connectivity index (χ1v) is 13.7. The van der Waals surface area contributed by atoms with Gasteiger partial charge in [-0.05, 0) is 39.8 Å². The predicted molar refractivity (Wildman–Crippen MR) is 137 cm³/mol. The highest BCUT2D eigenvalue weighted by Gasteiger charge is 2.57. The van der Waals surface area contributed by atoms with Gasteiger partial charge >= 0.3 is 0 Å². The fraction of sp³-hybridized carbons (Fsp3) is 0.704. The standard InChI is InChI=1S/C27H36N2O12/c1-26(2)38-22-18(34)20(36-24(22)40-26)14(30)10-28-12-7-5-6-8-13(12)29(17(33)9-16(28)32)11-15(31)21-19(35)23-25(37-21)41-27(3,4)39-23/h5-8,14-15,18-25,30-31,34-35H,9-11H2,1-4H3/t14-,15-,18+,19+,20-,21-,22-,23-,24-,25-/m1/s1. The number of β-amino-alcohol motifs (C(OH)–C–C–N with tert-alkyl or cyclic N) is 2. The minimum atomic E-state index is -1.35. The van der Waals surface area contributed by atoms with E-state index < -0.39 is 91.2 Å². The van der Waals surface area contributed by atoms with Gasteiger partial charge in [-0.3, -0.25) is 9.59 Å². The third-order valence-electron chi connectivity index (χ3n) is 7.97. The number of rotatable bonds is 6. The van der Waals surface area contributed by atoms with Crippen LogP contribution < -0.4 is 9.80 Å². The van der Waals surface area contributed by atoms with Crippen molar-refractivity contribution in [3.63, 3.8) is 0 Å². The lowest BCUT2D eigenvalue weighted by Crippen LogP contribution is -2.48. The Balaban J connectivity index is 1.18. The lowest BCUT2D eigenvalue weighted by atomic mass is 10.0. The van der Waals surface area contributed by atoms with Crippen molar-refractivity contribution in [1.29, 1.82) is 0 Å². The second-order valence-corrected chi connectivity index (χ2v) is 11.9. The first-order chi connectivity index (χ1) is 19.2. The number of ether oxygens (including phenoxy) is 6. The molecule has 14 nitrogen and oxygen atoms in total. The number of hydrogen-bond donors (Lipinski definition) is 4. The SMILES string of the molecule is CC1(C)O[C@H]2O[C@H]([C@H](O)CN3C(=O)CC(=O)N(C[C@@H](O)[C@H]4O[C@@H]5OC(C)(C)O[C@@H]5[C@H]4O)c4ccccc43)[C@H](O)[C@H]2O1. The number of para-hydroxylation sites is 2. The number of aliphatic hydroxyl groups is 4. The molecule has 4 fully saturated rings. The van der Waals surface area contributed by atoms with Crippen molar-refractivity contribution in [3.05, 3.63) is 24.3 Å². The lowest BCUT2D eigenvalue weighted by molar-refractivity contribution is -0.225. The summed E-state index contributed by atoms with van der Waals surface area (Å²) in [5, 5.41) is 43.7. The van der Waals surface area contributed by atoms with Crippen molar-refractivity contribution in [3.8, 4) is 0 Å². The molecular formula is C27H36N2O12. The van der Waals surface area contributed by atoms with Crippen LogP contribution in [-0.2, 0) is 38.0 Å². The van der Waals surface area contributed by atoms with Crippen LogP contribution in [0, 0.1) is 0 Å². The molecule has 1 aromatic carbocycles. The van der Waals surface area contributed by atoms with Crippen molar-refractivity contribution < 1.29 is 58.4 Å². The minimum absolute atomic E-state index is 0.289. The van der Waals surface area contributed by atoms with Gasteiger partial charge in [-0.1, -0.05) is 12.1 Å². The third kappa shape index (κ3) is 5.16. The van der Waals surface area contributed by atoms with Crippen LogP contribution in [0.2, 0.25) is 0 Å². The molecule has 226 valence electrons. The summed E-state index contributed by atoms with van der Waals surface area (Å²) in [5.41, 5.74) is 0.628. The maximum absolute atomic E-state index is 13.3. The van der Waals surface area contributed by atoms with Gasteiger partial charge in [-0.25, -0.2) is 0 Å². The molecule has 0 spiro atoms. The Bertz CT molecular complexity index is 1110. The van der Waals surface area contributed by atoms with Gasteiger partial charge in [-0.2, -0.15) is 0 Å². The number of fused-ring (bicyclic) bond motifs is 3. The molecule has 0 bridgehead atoms. The Kier molecular flexibility index (Phi) is 7.17. The molecule has 0 aliphatic carbocycles. The lowest BCUT2D eigenvalue weighted by Gasteiger charge is -2.32. The Morgan fingerprint density at radius 2 is 1.15 bits per heavy atom. The van der Waals surface area contributed by atoms with Gasteiger partial charge in [-0.15, -0.1) is 0 Å². The molecule has 5 aliphatic heterocycles. The molecule has 2 amide bonds. The number of nitrogens with zero attached hydrogens (tertiary/aromatic N) is 2. The summed E-state index contributed by atoms with van der Waals surface area (Å²) in [7, 11) is 0. The van der Waals surface area contributed by atoms with Crippen LogP contribution in [0.1, 0.15) is 34.1 Å². The quantitative estimate of drug-likeness (QED) is 0.301. The number of carbonyl (C=O) groups excluding carboxylic acids is 2. The largest absolute Gasteiger partial charge is 0.388 e. The summed E-state index contributed by atoms with van der Waals surface area (Å²) in [6.45, 7) is 6.17. The van der Waals surface area contributed by atoms with Crippen molar-refractivity contribution >= 4 is 23.2 Å². The highest BCUT2D eigenvalue weighted by Crippen LogP contribution is 2.41. The molecule has 5 aliphatic rings. The van der Waals surface area contributed by atoms with Crippen LogP contribution in [0.25, 0.3) is 0 Å². The van der Waals surface area contributed by atoms with Gasteiger partial charge in [0.15, 0.2) is 24.2 Å². The molecule has 10 atom stereocenters. The average molecular weight is 581 g/mol. The molecule has 14 heteroatoms. The van der Waals surface area contributed by atoms with E-state index in [1.165, 1.54) is 9.80 Å². The smallest absolute Gasteiger partial charge is 0.236 e. The van der Waals surface area contributed by atoms with Crippen LogP contribution in [0.5, 0.6) is 0 Å². The Morgan fingerprint density at radius 3 is 1.51 bits per heavy atom. The van der Waals surface area contributed by atoms with Crippen LogP contribution in [0.15, 0.2) is 24.3 Å². The van der Waals surface area contributed by atoms with E-state index in [2.05, 4.69) is 0 Å². The molecule has 4 saturated heterocycles. The van der Waals surface area contributed by atoms with Gasteiger partial charge in [0.2, 0.25) is 11.8 Å². The predicted octanol–water partition coefficient (Wildman–Crippen LogP) is -1.05. The van der Waals surface area contributed by atoms with Crippen LogP contribution in [0.3, 0.4) is 0 Å². The summed E-state index contributed by atoms with van der Waals surface area (Å²) in [4.78, 5) is 29.1. The molecule has 6 rings (SSSR count). The maximum atomic E-state index is 13.3. The first kappa shape index (κ1) is 28.9. The highest BCUT2D eigenvalue weighted by atomic mass is 16.8. The zero-order valence-corrected chi connectivity index (χ0v) is 23.2. The number of anilines is 2. The summed E-state index contributed by atoms with van der Waals surface area (Å²) < 4.78 is 34.2. The highest BCUT2D eigenvalue weighted by molar-refractivity contribution is 6.15. The number of aliphatic hydroxyl groups excluding tert-OH is 4. The fourth-order valence-electron chi connectivity index (χ4n) is 6.16. The van der Waals surface area contributed by atoms with Crippen LogP contribution in [-0.4, -0.2) is 118 Å². The third-order valence-corrected chi connectivity index (χ3v) is 7.97. The van der Waals surface area contributed by atoms with E-state index in [1.807, 2.05) is 0 Å². The van der Waals surface area contributed by atoms with E-state index in [9.17, 15) is 30.0 Å². The topological polar surface area (TPSA) is 177 Å². The van der Waals surface area contributed by atoms with E-state index in [0.29, 0.717) is 11.4 Å². The Hall–Kier alpha value is -2.24. The molecule has 0 radical (unpaired) electrons. The van der Waals surface area contributed by atoms with E-state index in [4.69, 9.17) is 28.4 Å². The minimum Gasteiger partial charge on any atom is -0.388 e. The van der Waals surface area contributed by atoms with Crippen molar-refractivity contribution in [2.24, 2.45) is 0 Å². The number of hydrogen-bond acceptors (Lipinski definition) is 12. The number of carbonyl (C=O) groups is 2. The fourth-order valence-corrected chi connectivity index (χ4v) is 6.16. The Labute approximate surface area is 236 Å². The van der Waals surface area contributed by atoms with Gasteiger partial charge < -0.3 is 58.6 Å². The molecule has 1 aromatic rings. The molecule has 4 N–H and O–H groups in total. The zero-order chi connectivity index (χ0) is 29.4. The summed E-state index contributed by atoms with van der Waals surface area (Å²) in [5.74, 6) is -3.07. The summed E-state index contributed by atoms with van der Waals surface area (Å²) in [6, 6.07) is 6.57. The van der Waals surface area contributed by atoms with E-state index in [1.54, 1.807) is 52.0 Å². The normalized spacial score (nSPS) is 38.9. The molecule has 0 saturated carbocycles. The van der Waals surface area contributed by atoms with Crippen molar-refractivity contribution in [2.75, 3.05) is 22.9 Å². The molecule has 0 aromatic heterocycles. The van der Waals surface area contributed by atoms with Gasteiger partial charge in [0.1, 0.15) is 55.3 Å². The Morgan fingerprint density at radius 1 is 0.756 bits per heavy atom. The molecular weight excluding hydrogens is 544 g/mol. The average Bonchev–Trinajstić information content (AvgIpc) is 3.55. The van der Waals surface area contributed by atoms with Crippen LogP contribution in [0.4, 0.5) is 11.4 Å². The van der Waals surface area contributed by atoms with Gasteiger partial charge in [0, 0.05) is 0 Å². The van der Waals surface area contributed by atoms with Gasteiger partial charge in [0.05, 0.1) is 24.5 Å². The van der Waals surface area contributed by atoms with E-state index in [0.717, 1.165) is 0 Å². The monoisotopic (exact) mass is 580 g/mol. The van der Waals surface area contributed by atoms with Crippen LogP contribution >= 0.6 is 0 Å². The van der Waals surface area contributed by atoms with Crippen molar-refractivity contribution in [2.45, 2.75) is 107 Å². The summed E-state index contributed by atoms with van der Waals surface area (Å²) in [6.07, 6.45) is -11.2.